The highest BCUT2D eigenvalue weighted by atomic mass is 35.5. The highest BCUT2D eigenvalue weighted by Gasteiger charge is 2.22. The summed E-state index contributed by atoms with van der Waals surface area (Å²) in [5, 5.41) is 0.513. The first-order chi connectivity index (χ1) is 9.11. The molecule has 19 heavy (non-hydrogen) atoms. The van der Waals surface area contributed by atoms with Crippen LogP contribution < -0.4 is 0 Å². The number of halogens is 1. The number of hydrogen-bond acceptors (Lipinski definition) is 2. The maximum Gasteiger partial charge on any atom is 0.255 e. The van der Waals surface area contributed by atoms with Crippen LogP contribution in [0.15, 0.2) is 23.1 Å². The van der Waals surface area contributed by atoms with Crippen molar-refractivity contribution in [1.29, 1.82) is 0 Å². The Balaban J connectivity index is 2.13. The van der Waals surface area contributed by atoms with Crippen LogP contribution in [0.25, 0.3) is 0 Å². The van der Waals surface area contributed by atoms with Gasteiger partial charge in [0.25, 0.3) is 5.91 Å². The number of hydrogen-bond donors (Lipinski definition) is 1. The molecule has 1 heterocycles. The Labute approximate surface area is 125 Å². The van der Waals surface area contributed by atoms with Gasteiger partial charge in [-0.3, -0.25) is 4.79 Å². The van der Waals surface area contributed by atoms with E-state index in [4.69, 9.17) is 11.6 Å². The SMILES string of the molecule is CCC1CCCN(C(=O)c2cc(S)ccc2Cl)CC1. The van der Waals surface area contributed by atoms with Gasteiger partial charge in [0.15, 0.2) is 0 Å². The van der Waals surface area contributed by atoms with Gasteiger partial charge < -0.3 is 4.90 Å². The molecular formula is C15H20ClNOS. The van der Waals surface area contributed by atoms with Crippen molar-refractivity contribution in [3.05, 3.63) is 28.8 Å². The van der Waals surface area contributed by atoms with Crippen LogP contribution in [0.1, 0.15) is 43.0 Å². The maximum absolute atomic E-state index is 12.5. The molecule has 2 nitrogen and oxygen atoms in total. The predicted molar refractivity (Wildman–Crippen MR) is 82.2 cm³/mol. The summed E-state index contributed by atoms with van der Waals surface area (Å²) >= 11 is 10.4. The maximum atomic E-state index is 12.5. The number of carbonyl (C=O) groups is 1. The van der Waals surface area contributed by atoms with Crippen LogP contribution in [-0.4, -0.2) is 23.9 Å². The van der Waals surface area contributed by atoms with Gasteiger partial charge in [-0.15, -0.1) is 12.6 Å². The summed E-state index contributed by atoms with van der Waals surface area (Å²) in [6.45, 7) is 3.90. The van der Waals surface area contributed by atoms with Crippen molar-refractivity contribution in [3.63, 3.8) is 0 Å². The van der Waals surface area contributed by atoms with E-state index >= 15 is 0 Å². The number of carbonyl (C=O) groups excluding carboxylic acids is 1. The minimum atomic E-state index is 0.0395. The highest BCUT2D eigenvalue weighted by Crippen LogP contribution is 2.25. The molecule has 0 radical (unpaired) electrons. The average Bonchev–Trinajstić information content (AvgIpc) is 2.66. The van der Waals surface area contributed by atoms with Crippen molar-refractivity contribution in [3.8, 4) is 0 Å². The van der Waals surface area contributed by atoms with Crippen molar-refractivity contribution < 1.29 is 4.79 Å². The van der Waals surface area contributed by atoms with E-state index in [-0.39, 0.29) is 5.91 Å². The van der Waals surface area contributed by atoms with Gasteiger partial charge in [-0.1, -0.05) is 24.9 Å². The molecule has 0 aliphatic carbocycles. The van der Waals surface area contributed by atoms with E-state index in [0.717, 1.165) is 36.7 Å². The third-order valence-corrected chi connectivity index (χ3v) is 4.50. The van der Waals surface area contributed by atoms with E-state index in [2.05, 4.69) is 19.6 Å². The molecule has 0 saturated carbocycles. The van der Waals surface area contributed by atoms with Gasteiger partial charge in [-0.05, 0) is 43.4 Å². The van der Waals surface area contributed by atoms with Crippen LogP contribution in [-0.2, 0) is 0 Å². The Kier molecular flexibility index (Phi) is 5.17. The van der Waals surface area contributed by atoms with Crippen LogP contribution in [0.4, 0.5) is 0 Å². The molecule has 1 aliphatic heterocycles. The summed E-state index contributed by atoms with van der Waals surface area (Å²) in [5.41, 5.74) is 0.573. The van der Waals surface area contributed by atoms with E-state index in [0.29, 0.717) is 10.6 Å². The molecule has 1 aliphatic rings. The number of thiol groups is 1. The molecule has 1 unspecified atom stereocenters. The average molecular weight is 298 g/mol. The molecule has 104 valence electrons. The first-order valence-electron chi connectivity index (χ1n) is 6.89. The standard InChI is InChI=1S/C15H20ClNOS/c1-2-11-4-3-8-17(9-7-11)15(18)13-10-12(19)5-6-14(13)16/h5-6,10-11,19H,2-4,7-9H2,1H3. The third-order valence-electron chi connectivity index (χ3n) is 3.89. The smallest absolute Gasteiger partial charge is 0.255 e. The molecule has 0 aromatic heterocycles. The first kappa shape index (κ1) is 14.7. The molecule has 1 aromatic rings. The molecule has 2 rings (SSSR count). The first-order valence-corrected chi connectivity index (χ1v) is 7.72. The van der Waals surface area contributed by atoms with Gasteiger partial charge in [0.1, 0.15) is 0 Å². The summed E-state index contributed by atoms with van der Waals surface area (Å²) in [6.07, 6.45) is 4.61. The van der Waals surface area contributed by atoms with Gasteiger partial charge in [-0.2, -0.15) is 0 Å². The predicted octanol–water partition coefficient (Wildman–Crippen LogP) is 4.28. The Bertz CT molecular complexity index is 463. The lowest BCUT2D eigenvalue weighted by molar-refractivity contribution is 0.0760. The fourth-order valence-electron chi connectivity index (χ4n) is 2.62. The fourth-order valence-corrected chi connectivity index (χ4v) is 3.03. The van der Waals surface area contributed by atoms with Gasteiger partial charge in [0.2, 0.25) is 0 Å². The van der Waals surface area contributed by atoms with Gasteiger partial charge >= 0.3 is 0 Å². The summed E-state index contributed by atoms with van der Waals surface area (Å²) < 4.78 is 0. The summed E-state index contributed by atoms with van der Waals surface area (Å²) in [7, 11) is 0. The summed E-state index contributed by atoms with van der Waals surface area (Å²) in [5.74, 6) is 0.794. The van der Waals surface area contributed by atoms with E-state index in [1.165, 1.54) is 12.8 Å². The molecule has 0 bridgehead atoms. The van der Waals surface area contributed by atoms with Crippen molar-refractivity contribution in [2.24, 2.45) is 5.92 Å². The number of amides is 1. The third kappa shape index (κ3) is 3.67. The number of nitrogens with zero attached hydrogens (tertiary/aromatic N) is 1. The lowest BCUT2D eigenvalue weighted by Crippen LogP contribution is -2.32. The summed E-state index contributed by atoms with van der Waals surface area (Å²) in [4.78, 5) is 15.2. The second kappa shape index (κ2) is 6.67. The number of likely N-dealkylation sites (tertiary alicyclic amines) is 1. The summed E-state index contributed by atoms with van der Waals surface area (Å²) in [6, 6.07) is 5.30. The zero-order valence-electron chi connectivity index (χ0n) is 11.2. The van der Waals surface area contributed by atoms with Crippen LogP contribution in [0.5, 0.6) is 0 Å². The molecule has 0 spiro atoms. The van der Waals surface area contributed by atoms with Crippen molar-refractivity contribution in [2.45, 2.75) is 37.5 Å². The lowest BCUT2D eigenvalue weighted by atomic mass is 9.98. The van der Waals surface area contributed by atoms with E-state index in [1.807, 2.05) is 4.90 Å². The van der Waals surface area contributed by atoms with E-state index in [1.54, 1.807) is 18.2 Å². The van der Waals surface area contributed by atoms with Gasteiger partial charge in [-0.25, -0.2) is 0 Å². The quantitative estimate of drug-likeness (QED) is 0.808. The van der Waals surface area contributed by atoms with E-state index < -0.39 is 0 Å². The Morgan fingerprint density at radius 1 is 1.42 bits per heavy atom. The molecule has 1 atom stereocenters. The lowest BCUT2D eigenvalue weighted by Gasteiger charge is -2.21. The minimum absolute atomic E-state index is 0.0395. The van der Waals surface area contributed by atoms with Crippen molar-refractivity contribution in [1.82, 2.24) is 4.90 Å². The van der Waals surface area contributed by atoms with Gasteiger partial charge in [0.05, 0.1) is 10.6 Å². The van der Waals surface area contributed by atoms with Gasteiger partial charge in [0, 0.05) is 18.0 Å². The molecule has 1 saturated heterocycles. The Hall–Kier alpha value is -0.670. The van der Waals surface area contributed by atoms with Crippen LogP contribution in [0.2, 0.25) is 5.02 Å². The normalized spacial score (nSPS) is 20.2. The largest absolute Gasteiger partial charge is 0.339 e. The molecule has 1 fully saturated rings. The molecule has 4 heteroatoms. The Morgan fingerprint density at radius 2 is 2.21 bits per heavy atom. The molecule has 1 amide bonds. The number of benzene rings is 1. The zero-order valence-corrected chi connectivity index (χ0v) is 12.9. The fraction of sp³-hybridized carbons (Fsp3) is 0.533. The van der Waals surface area contributed by atoms with Crippen LogP contribution in [0, 0.1) is 5.92 Å². The molecule has 1 aromatic carbocycles. The minimum Gasteiger partial charge on any atom is -0.339 e. The monoisotopic (exact) mass is 297 g/mol. The zero-order chi connectivity index (χ0) is 13.8. The topological polar surface area (TPSA) is 20.3 Å². The highest BCUT2D eigenvalue weighted by molar-refractivity contribution is 7.80. The number of rotatable bonds is 2. The van der Waals surface area contributed by atoms with E-state index in [9.17, 15) is 4.79 Å². The second-order valence-electron chi connectivity index (χ2n) is 5.16. The van der Waals surface area contributed by atoms with Crippen LogP contribution in [0.3, 0.4) is 0 Å². The van der Waals surface area contributed by atoms with Crippen LogP contribution >= 0.6 is 24.2 Å². The molecular weight excluding hydrogens is 278 g/mol. The van der Waals surface area contributed by atoms with Crippen molar-refractivity contribution >= 4 is 30.1 Å². The van der Waals surface area contributed by atoms with Crippen molar-refractivity contribution in [2.75, 3.05) is 13.1 Å². The molecule has 0 N–H and O–H groups in total. The Morgan fingerprint density at radius 3 is 2.95 bits per heavy atom. The second-order valence-corrected chi connectivity index (χ2v) is 6.09.